The molecule has 0 aromatic heterocycles. The number of para-hydroxylation sites is 1. The number of rotatable bonds is 6. The van der Waals surface area contributed by atoms with Gasteiger partial charge in [0.1, 0.15) is 18.4 Å². The van der Waals surface area contributed by atoms with E-state index >= 15 is 0 Å². The molecule has 2 N–H and O–H groups in total. The Bertz CT molecular complexity index is 508. The third kappa shape index (κ3) is 3.84. The number of carbonyl (C=O) groups is 1. The number of benzene rings is 1. The maximum atomic E-state index is 11.2. The average molecular weight is 275 g/mol. The smallest absolute Gasteiger partial charge is 0.320 e. The van der Waals surface area contributed by atoms with Crippen molar-refractivity contribution in [2.24, 2.45) is 5.92 Å². The number of fused-ring (bicyclic) bond motifs is 1. The molecular weight excluding hydrogens is 254 g/mol. The van der Waals surface area contributed by atoms with Gasteiger partial charge in [-0.05, 0) is 30.1 Å². The van der Waals surface area contributed by atoms with Crippen molar-refractivity contribution >= 4 is 12.0 Å². The van der Waals surface area contributed by atoms with Gasteiger partial charge >= 0.3 is 5.97 Å². The molecule has 1 aromatic rings. The molecule has 4 nitrogen and oxygen atoms in total. The van der Waals surface area contributed by atoms with Crippen molar-refractivity contribution < 1.29 is 14.6 Å². The molecule has 2 rings (SSSR count). The van der Waals surface area contributed by atoms with Crippen LogP contribution in [0.3, 0.4) is 0 Å². The second-order valence-corrected chi connectivity index (χ2v) is 5.53. The van der Waals surface area contributed by atoms with Crippen LogP contribution < -0.4 is 10.1 Å². The first kappa shape index (κ1) is 14.6. The minimum Gasteiger partial charge on any atom is -0.489 e. The molecular formula is C16H21NO3. The zero-order valence-electron chi connectivity index (χ0n) is 11.9. The van der Waals surface area contributed by atoms with Gasteiger partial charge in [-0.15, -0.1) is 0 Å². The molecule has 0 radical (unpaired) electrons. The molecule has 0 aliphatic carbocycles. The Morgan fingerprint density at radius 2 is 2.15 bits per heavy atom. The SMILES string of the molecule is CC(C)CC(NCC1=Cc2ccccc2OC1)C(=O)O. The van der Waals surface area contributed by atoms with Crippen LogP contribution >= 0.6 is 0 Å². The minimum atomic E-state index is -0.795. The third-order valence-electron chi connectivity index (χ3n) is 3.27. The fourth-order valence-electron chi connectivity index (χ4n) is 2.26. The normalized spacial score (nSPS) is 15.2. The van der Waals surface area contributed by atoms with E-state index in [4.69, 9.17) is 4.74 Å². The second-order valence-electron chi connectivity index (χ2n) is 5.53. The highest BCUT2D eigenvalue weighted by atomic mass is 16.5. The van der Waals surface area contributed by atoms with Crippen LogP contribution in [0.1, 0.15) is 25.8 Å². The van der Waals surface area contributed by atoms with E-state index in [-0.39, 0.29) is 0 Å². The molecule has 0 bridgehead atoms. The summed E-state index contributed by atoms with van der Waals surface area (Å²) in [5.74, 6) is 0.436. The van der Waals surface area contributed by atoms with Crippen molar-refractivity contribution in [1.82, 2.24) is 5.32 Å². The highest BCUT2D eigenvalue weighted by molar-refractivity contribution is 5.73. The van der Waals surface area contributed by atoms with Crippen molar-refractivity contribution in [2.75, 3.05) is 13.2 Å². The van der Waals surface area contributed by atoms with Crippen molar-refractivity contribution in [3.05, 3.63) is 35.4 Å². The number of nitrogens with one attached hydrogen (secondary N) is 1. The van der Waals surface area contributed by atoms with E-state index < -0.39 is 12.0 Å². The van der Waals surface area contributed by atoms with Gasteiger partial charge in [0.15, 0.2) is 0 Å². The summed E-state index contributed by atoms with van der Waals surface area (Å²) in [5, 5.41) is 12.3. The molecule has 1 atom stereocenters. The third-order valence-corrected chi connectivity index (χ3v) is 3.27. The predicted molar refractivity (Wildman–Crippen MR) is 78.8 cm³/mol. The van der Waals surface area contributed by atoms with Crippen LogP contribution in [0.25, 0.3) is 6.08 Å². The lowest BCUT2D eigenvalue weighted by Crippen LogP contribution is -2.39. The summed E-state index contributed by atoms with van der Waals surface area (Å²) in [6.45, 7) is 5.10. The molecule has 1 aliphatic heterocycles. The predicted octanol–water partition coefficient (Wildman–Crippen LogP) is 2.55. The number of carboxylic acids is 1. The summed E-state index contributed by atoms with van der Waals surface area (Å²) < 4.78 is 5.65. The standard InChI is InChI=1S/C16H21NO3/c1-11(2)7-14(16(18)19)17-9-12-8-13-5-3-4-6-15(13)20-10-12/h3-6,8,11,14,17H,7,9-10H2,1-2H3,(H,18,19). The van der Waals surface area contributed by atoms with Gasteiger partial charge in [0.2, 0.25) is 0 Å². The van der Waals surface area contributed by atoms with Gasteiger partial charge in [-0.25, -0.2) is 0 Å². The minimum absolute atomic E-state index is 0.348. The Kier molecular flexibility index (Phi) is 4.79. The Morgan fingerprint density at radius 1 is 1.40 bits per heavy atom. The summed E-state index contributed by atoms with van der Waals surface area (Å²) in [5.41, 5.74) is 2.12. The molecule has 1 heterocycles. The molecule has 0 saturated carbocycles. The zero-order chi connectivity index (χ0) is 14.5. The van der Waals surface area contributed by atoms with Crippen LogP contribution in [0.2, 0.25) is 0 Å². The molecule has 108 valence electrons. The van der Waals surface area contributed by atoms with Crippen LogP contribution in [-0.2, 0) is 4.79 Å². The van der Waals surface area contributed by atoms with Gasteiger partial charge in [-0.1, -0.05) is 32.0 Å². The number of hydrogen-bond donors (Lipinski definition) is 2. The largest absolute Gasteiger partial charge is 0.489 e. The van der Waals surface area contributed by atoms with Gasteiger partial charge < -0.3 is 15.2 Å². The van der Waals surface area contributed by atoms with E-state index in [1.165, 1.54) is 0 Å². The number of ether oxygens (including phenoxy) is 1. The zero-order valence-corrected chi connectivity index (χ0v) is 11.9. The van der Waals surface area contributed by atoms with Crippen molar-refractivity contribution in [2.45, 2.75) is 26.3 Å². The van der Waals surface area contributed by atoms with Crippen molar-refractivity contribution in [3.8, 4) is 5.75 Å². The molecule has 0 fully saturated rings. The maximum absolute atomic E-state index is 11.2. The molecule has 1 aliphatic rings. The molecule has 0 amide bonds. The lowest BCUT2D eigenvalue weighted by atomic mass is 10.0. The van der Waals surface area contributed by atoms with Crippen LogP contribution in [0.15, 0.2) is 29.8 Å². The Morgan fingerprint density at radius 3 is 2.85 bits per heavy atom. The van der Waals surface area contributed by atoms with E-state index in [0.717, 1.165) is 16.9 Å². The van der Waals surface area contributed by atoms with E-state index in [0.29, 0.717) is 25.5 Å². The fourth-order valence-corrected chi connectivity index (χ4v) is 2.26. The quantitative estimate of drug-likeness (QED) is 0.837. The second kappa shape index (κ2) is 6.57. The van der Waals surface area contributed by atoms with Gasteiger partial charge in [0, 0.05) is 12.1 Å². The Balaban J connectivity index is 1.97. The molecule has 20 heavy (non-hydrogen) atoms. The summed E-state index contributed by atoms with van der Waals surface area (Å²) in [6, 6.07) is 7.34. The Hall–Kier alpha value is -1.81. The molecule has 0 saturated heterocycles. The first-order chi connectivity index (χ1) is 9.56. The molecule has 1 unspecified atom stereocenters. The van der Waals surface area contributed by atoms with Gasteiger partial charge in [0.05, 0.1) is 0 Å². The first-order valence-electron chi connectivity index (χ1n) is 6.93. The lowest BCUT2D eigenvalue weighted by Gasteiger charge is -2.21. The lowest BCUT2D eigenvalue weighted by molar-refractivity contribution is -0.139. The van der Waals surface area contributed by atoms with Crippen molar-refractivity contribution in [3.63, 3.8) is 0 Å². The summed E-state index contributed by atoms with van der Waals surface area (Å²) >= 11 is 0. The van der Waals surface area contributed by atoms with E-state index in [9.17, 15) is 9.90 Å². The molecule has 4 heteroatoms. The summed E-state index contributed by atoms with van der Waals surface area (Å²) in [7, 11) is 0. The van der Waals surface area contributed by atoms with Crippen LogP contribution in [0, 0.1) is 5.92 Å². The Labute approximate surface area is 119 Å². The van der Waals surface area contributed by atoms with E-state index in [1.54, 1.807) is 0 Å². The van der Waals surface area contributed by atoms with E-state index in [1.807, 2.05) is 38.1 Å². The highest BCUT2D eigenvalue weighted by Gasteiger charge is 2.19. The number of hydrogen-bond acceptors (Lipinski definition) is 3. The fraction of sp³-hybridized carbons (Fsp3) is 0.438. The monoisotopic (exact) mass is 275 g/mol. The van der Waals surface area contributed by atoms with Gasteiger partial charge in [0.25, 0.3) is 0 Å². The van der Waals surface area contributed by atoms with Gasteiger partial charge in [-0.3, -0.25) is 4.79 Å². The van der Waals surface area contributed by atoms with Crippen molar-refractivity contribution in [1.29, 1.82) is 0 Å². The average Bonchev–Trinajstić information content (AvgIpc) is 2.42. The van der Waals surface area contributed by atoms with Gasteiger partial charge in [-0.2, -0.15) is 0 Å². The maximum Gasteiger partial charge on any atom is 0.320 e. The molecule has 1 aromatic carbocycles. The topological polar surface area (TPSA) is 58.6 Å². The van der Waals surface area contributed by atoms with E-state index in [2.05, 4.69) is 11.4 Å². The van der Waals surface area contributed by atoms with Crippen LogP contribution in [-0.4, -0.2) is 30.3 Å². The van der Waals surface area contributed by atoms with Crippen LogP contribution in [0.5, 0.6) is 5.75 Å². The number of aliphatic carboxylic acids is 1. The number of carboxylic acid groups (broad SMARTS) is 1. The highest BCUT2D eigenvalue weighted by Crippen LogP contribution is 2.25. The summed E-state index contributed by atoms with van der Waals surface area (Å²) in [4.78, 5) is 11.2. The molecule has 0 spiro atoms. The summed E-state index contributed by atoms with van der Waals surface area (Å²) in [6.07, 6.45) is 2.69. The first-order valence-corrected chi connectivity index (χ1v) is 6.93. The van der Waals surface area contributed by atoms with Crippen LogP contribution in [0.4, 0.5) is 0 Å².